The molecule has 190 valence electrons. The van der Waals surface area contributed by atoms with Crippen molar-refractivity contribution < 1.29 is 23.0 Å². The molecule has 0 saturated carbocycles. The molecule has 6 rings (SSSR count). The van der Waals surface area contributed by atoms with Crippen LogP contribution in [0.15, 0.2) is 65.1 Å². The summed E-state index contributed by atoms with van der Waals surface area (Å²) in [4.78, 5) is 0. The highest BCUT2D eigenvalue weighted by Crippen LogP contribution is 2.39. The molecule has 0 bridgehead atoms. The molecule has 0 amide bonds. The Balaban J connectivity index is 1.49. The fourth-order valence-corrected chi connectivity index (χ4v) is 4.98. The minimum atomic E-state index is -0.496. The molecule has 0 N–H and O–H groups in total. The van der Waals surface area contributed by atoms with E-state index in [0.717, 1.165) is 44.0 Å². The molecule has 2 fully saturated rings. The van der Waals surface area contributed by atoms with Gasteiger partial charge in [0, 0.05) is 10.8 Å². The van der Waals surface area contributed by atoms with E-state index in [1.54, 1.807) is 0 Å². The molecule has 37 heavy (non-hydrogen) atoms. The average molecular weight is 496 g/mol. The number of para-hydroxylation sites is 1. The summed E-state index contributed by atoms with van der Waals surface area (Å²) < 4.78 is 31.8. The Morgan fingerprint density at radius 3 is 1.51 bits per heavy atom. The monoisotopic (exact) mass is 496 g/mol. The first kappa shape index (κ1) is 24.7. The maximum Gasteiger partial charge on any atom is 0.494 e. The minimum Gasteiger partial charge on any atom is -0.456 e. The Hall–Kier alpha value is -2.57. The largest absolute Gasteiger partial charge is 0.494 e. The van der Waals surface area contributed by atoms with E-state index in [9.17, 15) is 0 Å². The normalized spacial score (nSPS) is 21.8. The molecule has 2 aliphatic rings. The molecule has 2 aliphatic heterocycles. The predicted octanol–water partition coefficient (Wildman–Crippen LogP) is 5.85. The first-order valence-electron chi connectivity index (χ1n) is 13.0. The minimum absolute atomic E-state index is 0.438. The number of benzene rings is 3. The molecule has 0 unspecified atom stereocenters. The topological polar surface area (TPSA) is 50.1 Å². The van der Waals surface area contributed by atoms with E-state index in [1.165, 1.54) is 0 Å². The van der Waals surface area contributed by atoms with Gasteiger partial charge in [0.1, 0.15) is 11.2 Å². The van der Waals surface area contributed by atoms with Gasteiger partial charge in [0.2, 0.25) is 0 Å². The van der Waals surface area contributed by atoms with Crippen molar-refractivity contribution in [2.75, 3.05) is 0 Å². The summed E-state index contributed by atoms with van der Waals surface area (Å²) in [7, 11) is -0.991. The van der Waals surface area contributed by atoms with Crippen molar-refractivity contribution in [2.24, 2.45) is 0 Å². The van der Waals surface area contributed by atoms with Gasteiger partial charge < -0.3 is 23.0 Å². The lowest BCUT2D eigenvalue weighted by Crippen LogP contribution is -2.41. The molecule has 3 heterocycles. The van der Waals surface area contributed by atoms with Crippen LogP contribution in [0, 0.1) is 0 Å². The molecule has 5 nitrogen and oxygen atoms in total. The third-order valence-corrected chi connectivity index (χ3v) is 8.74. The van der Waals surface area contributed by atoms with Crippen molar-refractivity contribution in [3.63, 3.8) is 0 Å². The number of fused-ring (bicyclic) bond motifs is 3. The smallest absolute Gasteiger partial charge is 0.456 e. The van der Waals surface area contributed by atoms with Crippen LogP contribution in [0.2, 0.25) is 0 Å². The van der Waals surface area contributed by atoms with Gasteiger partial charge in [-0.15, -0.1) is 0 Å². The van der Waals surface area contributed by atoms with Crippen LogP contribution < -0.4 is 10.9 Å². The van der Waals surface area contributed by atoms with Crippen molar-refractivity contribution in [3.8, 4) is 11.1 Å². The Morgan fingerprint density at radius 2 is 0.973 bits per heavy atom. The fraction of sp³-hybridized carbons (Fsp3) is 0.400. The summed E-state index contributed by atoms with van der Waals surface area (Å²) >= 11 is 0. The Morgan fingerprint density at radius 1 is 0.486 bits per heavy atom. The molecule has 0 aliphatic carbocycles. The highest BCUT2D eigenvalue weighted by atomic mass is 16.7. The Labute approximate surface area is 219 Å². The third kappa shape index (κ3) is 3.95. The zero-order valence-electron chi connectivity index (χ0n) is 23.0. The van der Waals surface area contributed by atoms with Crippen LogP contribution in [-0.4, -0.2) is 36.6 Å². The molecule has 1 aromatic heterocycles. The summed E-state index contributed by atoms with van der Waals surface area (Å²) in [5.41, 5.74) is 4.02. The van der Waals surface area contributed by atoms with E-state index in [2.05, 4.69) is 91.8 Å². The molecule has 3 aromatic carbocycles. The third-order valence-electron chi connectivity index (χ3n) is 8.74. The van der Waals surface area contributed by atoms with Crippen LogP contribution >= 0.6 is 0 Å². The van der Waals surface area contributed by atoms with Gasteiger partial charge in [0.25, 0.3) is 0 Å². The second-order valence-corrected chi connectivity index (χ2v) is 12.4. The zero-order chi connectivity index (χ0) is 26.4. The maximum atomic E-state index is 6.44. The summed E-state index contributed by atoms with van der Waals surface area (Å²) in [6, 6.07) is 20.9. The second kappa shape index (κ2) is 7.97. The lowest BCUT2D eigenvalue weighted by atomic mass is 9.70. The van der Waals surface area contributed by atoms with Gasteiger partial charge in [-0.05, 0) is 95.6 Å². The number of rotatable bonds is 3. The highest BCUT2D eigenvalue weighted by Gasteiger charge is 2.54. The molecule has 4 aromatic rings. The first-order chi connectivity index (χ1) is 17.3. The average Bonchev–Trinajstić information content (AvgIpc) is 3.38. The summed E-state index contributed by atoms with van der Waals surface area (Å²) in [6.45, 7) is 16.6. The van der Waals surface area contributed by atoms with E-state index < -0.39 is 36.6 Å². The molecule has 0 radical (unpaired) electrons. The highest BCUT2D eigenvalue weighted by molar-refractivity contribution is 6.66. The van der Waals surface area contributed by atoms with Crippen LogP contribution in [0.3, 0.4) is 0 Å². The van der Waals surface area contributed by atoms with Crippen LogP contribution in [-0.2, 0) is 18.6 Å². The molecule has 0 atom stereocenters. The molecule has 0 spiro atoms. The standard InChI is InChI=1S/C30H34B2O5/c1-27(2)28(3,4)35-31(34-27)21-15-20(16-22(18-21)32-36-29(5,6)30(7,8)37-32)19-13-14-26-24(17-19)23-11-9-10-12-25(23)33-26/h9-18H,1-8H3. The quantitative estimate of drug-likeness (QED) is 0.333. The fourth-order valence-electron chi connectivity index (χ4n) is 4.98. The van der Waals surface area contributed by atoms with Gasteiger partial charge in [-0.3, -0.25) is 0 Å². The molecular formula is C30H34B2O5. The summed E-state index contributed by atoms with van der Waals surface area (Å²) in [6.07, 6.45) is 0. The van der Waals surface area contributed by atoms with E-state index in [0.29, 0.717) is 0 Å². The number of hydrogen-bond acceptors (Lipinski definition) is 5. The van der Waals surface area contributed by atoms with E-state index >= 15 is 0 Å². The van der Waals surface area contributed by atoms with Gasteiger partial charge in [-0.1, -0.05) is 42.5 Å². The lowest BCUT2D eigenvalue weighted by Gasteiger charge is -2.32. The first-order valence-corrected chi connectivity index (χ1v) is 13.0. The van der Waals surface area contributed by atoms with Gasteiger partial charge in [0.05, 0.1) is 22.4 Å². The molecule has 7 heteroatoms. The van der Waals surface area contributed by atoms with Crippen molar-refractivity contribution in [3.05, 3.63) is 60.7 Å². The van der Waals surface area contributed by atoms with Gasteiger partial charge in [-0.25, -0.2) is 0 Å². The second-order valence-electron chi connectivity index (χ2n) is 12.4. The van der Waals surface area contributed by atoms with Crippen molar-refractivity contribution in [2.45, 2.75) is 77.8 Å². The van der Waals surface area contributed by atoms with Crippen molar-refractivity contribution >= 4 is 47.1 Å². The van der Waals surface area contributed by atoms with Crippen LogP contribution in [0.25, 0.3) is 33.1 Å². The van der Waals surface area contributed by atoms with E-state index in [-0.39, 0.29) is 0 Å². The zero-order valence-corrected chi connectivity index (χ0v) is 23.0. The van der Waals surface area contributed by atoms with E-state index in [4.69, 9.17) is 23.0 Å². The Bertz CT molecular complexity index is 1430. The summed E-state index contributed by atoms with van der Waals surface area (Å²) in [5, 5.41) is 2.19. The van der Waals surface area contributed by atoms with Crippen LogP contribution in [0.1, 0.15) is 55.4 Å². The maximum absolute atomic E-state index is 6.44. The summed E-state index contributed by atoms with van der Waals surface area (Å²) in [5.74, 6) is 0. The SMILES string of the molecule is CC1(C)OB(c2cc(B3OC(C)(C)C(C)(C)O3)cc(-c3ccc4oc5ccccc5c4c3)c2)OC1(C)C. The van der Waals surface area contributed by atoms with E-state index in [1.807, 2.05) is 24.3 Å². The van der Waals surface area contributed by atoms with Crippen molar-refractivity contribution in [1.82, 2.24) is 0 Å². The lowest BCUT2D eigenvalue weighted by molar-refractivity contribution is 0.00578. The predicted molar refractivity (Wildman–Crippen MR) is 151 cm³/mol. The molecular weight excluding hydrogens is 462 g/mol. The number of furan rings is 1. The van der Waals surface area contributed by atoms with Gasteiger partial charge in [0.15, 0.2) is 0 Å². The Kier molecular flexibility index (Phi) is 5.33. The van der Waals surface area contributed by atoms with Crippen LogP contribution in [0.4, 0.5) is 0 Å². The molecule has 2 saturated heterocycles. The van der Waals surface area contributed by atoms with Crippen LogP contribution in [0.5, 0.6) is 0 Å². The number of hydrogen-bond donors (Lipinski definition) is 0. The van der Waals surface area contributed by atoms with Crippen molar-refractivity contribution in [1.29, 1.82) is 0 Å². The van der Waals surface area contributed by atoms with Gasteiger partial charge >= 0.3 is 14.2 Å². The van der Waals surface area contributed by atoms with Gasteiger partial charge in [-0.2, -0.15) is 0 Å².